The summed E-state index contributed by atoms with van der Waals surface area (Å²) in [6.45, 7) is 0. The highest BCUT2D eigenvalue weighted by Crippen LogP contribution is 2.31. The summed E-state index contributed by atoms with van der Waals surface area (Å²) < 4.78 is 4.98. The van der Waals surface area contributed by atoms with Gasteiger partial charge in [0.2, 0.25) is 0 Å². The molecule has 0 saturated carbocycles. The number of amides is 1. The maximum absolute atomic E-state index is 12.3. The Balaban J connectivity index is 1.79. The third kappa shape index (κ3) is 3.22. The van der Waals surface area contributed by atoms with Gasteiger partial charge in [0.05, 0.1) is 17.7 Å². The Bertz CT molecular complexity index is 805. The van der Waals surface area contributed by atoms with Crippen molar-refractivity contribution in [2.45, 2.75) is 25.3 Å². The lowest BCUT2D eigenvalue weighted by Gasteiger charge is -2.15. The zero-order chi connectivity index (χ0) is 17.3. The molecule has 3 N–H and O–H groups in total. The monoisotopic (exact) mass is 348 g/mol. The zero-order valence-corrected chi connectivity index (χ0v) is 13.8. The lowest BCUT2D eigenvalue weighted by molar-refractivity contribution is -0.385. The topological polar surface area (TPSA) is 120 Å². The molecule has 1 atom stereocenters. The molecule has 1 heterocycles. The van der Waals surface area contributed by atoms with E-state index >= 15 is 0 Å². The number of fused-ring (bicyclic) bond motifs is 1. The van der Waals surface area contributed by atoms with E-state index in [-0.39, 0.29) is 23.0 Å². The molecule has 0 bridgehead atoms. The summed E-state index contributed by atoms with van der Waals surface area (Å²) in [6, 6.07) is 4.12. The number of nitrogens with one attached hydrogen (secondary N) is 1. The molecule has 0 radical (unpaired) electrons. The van der Waals surface area contributed by atoms with Crippen LogP contribution >= 0.6 is 11.3 Å². The number of aromatic nitrogens is 1. The highest BCUT2D eigenvalue weighted by molar-refractivity contribution is 7.15. The van der Waals surface area contributed by atoms with Crippen LogP contribution in [0.25, 0.3) is 0 Å². The van der Waals surface area contributed by atoms with Crippen LogP contribution in [0.15, 0.2) is 18.2 Å². The Kier molecular flexibility index (Phi) is 4.45. The van der Waals surface area contributed by atoms with Crippen LogP contribution in [0.2, 0.25) is 0 Å². The lowest BCUT2D eigenvalue weighted by atomic mass is 9.99. The second kappa shape index (κ2) is 6.54. The van der Waals surface area contributed by atoms with Crippen molar-refractivity contribution in [3.05, 3.63) is 44.4 Å². The molecule has 0 saturated heterocycles. The molecular formula is C15H16N4O4S. The van der Waals surface area contributed by atoms with Gasteiger partial charge in [-0.05, 0) is 25.3 Å². The fraction of sp³-hybridized carbons (Fsp3) is 0.333. The van der Waals surface area contributed by atoms with Crippen molar-refractivity contribution in [1.82, 2.24) is 4.98 Å². The Morgan fingerprint density at radius 3 is 3.04 bits per heavy atom. The first kappa shape index (κ1) is 16.3. The molecule has 0 fully saturated rings. The number of benzene rings is 1. The molecule has 24 heavy (non-hydrogen) atoms. The van der Waals surface area contributed by atoms with E-state index in [4.69, 9.17) is 10.5 Å². The van der Waals surface area contributed by atoms with E-state index in [1.807, 2.05) is 0 Å². The maximum Gasteiger partial charge on any atom is 0.310 e. The van der Waals surface area contributed by atoms with Gasteiger partial charge in [-0.1, -0.05) is 0 Å². The number of rotatable bonds is 4. The fourth-order valence-corrected chi connectivity index (χ4v) is 3.69. The minimum Gasteiger partial charge on any atom is -0.490 e. The van der Waals surface area contributed by atoms with Crippen LogP contribution in [0, 0.1) is 10.1 Å². The Hall–Kier alpha value is -2.52. The molecule has 2 aromatic rings. The van der Waals surface area contributed by atoms with Gasteiger partial charge < -0.3 is 10.5 Å². The molecule has 1 aromatic carbocycles. The molecular weight excluding hydrogens is 332 g/mol. The predicted octanol–water partition coefficient (Wildman–Crippen LogP) is 2.13. The number of aryl methyl sites for hydroxylation is 1. The van der Waals surface area contributed by atoms with Crippen molar-refractivity contribution in [3.8, 4) is 5.75 Å². The summed E-state index contributed by atoms with van der Waals surface area (Å²) >= 11 is 1.42. The molecule has 1 aliphatic rings. The Labute approximate surface area is 141 Å². The van der Waals surface area contributed by atoms with E-state index in [0.29, 0.717) is 5.13 Å². The van der Waals surface area contributed by atoms with Crippen molar-refractivity contribution >= 4 is 28.1 Å². The van der Waals surface area contributed by atoms with Gasteiger partial charge in [-0.25, -0.2) is 4.98 Å². The summed E-state index contributed by atoms with van der Waals surface area (Å²) in [5.41, 5.74) is 7.01. The fourth-order valence-electron chi connectivity index (χ4n) is 2.59. The summed E-state index contributed by atoms with van der Waals surface area (Å²) in [5, 5.41) is 14.1. The van der Waals surface area contributed by atoms with Crippen molar-refractivity contribution in [3.63, 3.8) is 0 Å². The molecule has 0 unspecified atom stereocenters. The second-order valence-electron chi connectivity index (χ2n) is 5.49. The smallest absolute Gasteiger partial charge is 0.310 e. The molecule has 1 amide bonds. The summed E-state index contributed by atoms with van der Waals surface area (Å²) in [6.07, 6.45) is 2.48. The highest BCUT2D eigenvalue weighted by atomic mass is 32.1. The Morgan fingerprint density at radius 2 is 2.33 bits per heavy atom. The maximum atomic E-state index is 12.3. The predicted molar refractivity (Wildman–Crippen MR) is 89.7 cm³/mol. The van der Waals surface area contributed by atoms with Crippen LogP contribution in [0.1, 0.15) is 27.3 Å². The number of hydrogen-bond acceptors (Lipinski definition) is 7. The molecule has 0 aliphatic heterocycles. The third-order valence-corrected chi connectivity index (χ3v) is 4.87. The van der Waals surface area contributed by atoms with Crippen LogP contribution in [0.5, 0.6) is 5.75 Å². The van der Waals surface area contributed by atoms with E-state index in [1.54, 1.807) is 0 Å². The number of nitro groups is 1. The van der Waals surface area contributed by atoms with E-state index in [9.17, 15) is 14.9 Å². The molecule has 9 heteroatoms. The number of nitrogens with zero attached hydrogens (tertiary/aromatic N) is 2. The number of ether oxygens (including phenoxy) is 1. The molecule has 3 rings (SSSR count). The standard InChI is InChI=1S/C15H16N4O4S/c1-23-12-6-8(2-5-11(12)19(21)22)14(20)18-15-17-10-4-3-9(16)7-13(10)24-15/h2,5-6,9H,3-4,7,16H2,1H3,(H,17,18,20)/t9-/m0/s1. The normalized spacial score (nSPS) is 16.3. The SMILES string of the molecule is COc1cc(C(=O)Nc2nc3c(s2)C[C@@H](N)CC3)ccc1[N+](=O)[O-]. The Morgan fingerprint density at radius 1 is 1.54 bits per heavy atom. The summed E-state index contributed by atoms with van der Waals surface area (Å²) in [7, 11) is 1.32. The van der Waals surface area contributed by atoms with E-state index in [0.717, 1.165) is 29.8 Å². The van der Waals surface area contributed by atoms with Crippen LogP contribution in [-0.2, 0) is 12.8 Å². The van der Waals surface area contributed by atoms with Crippen LogP contribution < -0.4 is 15.8 Å². The largest absolute Gasteiger partial charge is 0.490 e. The van der Waals surface area contributed by atoms with Gasteiger partial charge in [-0.15, -0.1) is 11.3 Å². The molecule has 1 aromatic heterocycles. The molecule has 1 aliphatic carbocycles. The first-order valence-corrected chi connectivity index (χ1v) is 8.17. The first-order chi connectivity index (χ1) is 11.5. The summed E-state index contributed by atoms with van der Waals surface area (Å²) in [4.78, 5) is 28.2. The van der Waals surface area contributed by atoms with Gasteiger partial charge in [0.25, 0.3) is 5.91 Å². The van der Waals surface area contributed by atoms with Crippen molar-refractivity contribution in [1.29, 1.82) is 0 Å². The minimum atomic E-state index is -0.557. The first-order valence-electron chi connectivity index (χ1n) is 7.36. The van der Waals surface area contributed by atoms with Gasteiger partial charge in [0.1, 0.15) is 0 Å². The van der Waals surface area contributed by atoms with Gasteiger partial charge in [0, 0.05) is 28.6 Å². The van der Waals surface area contributed by atoms with Crippen LogP contribution in [0.4, 0.5) is 10.8 Å². The molecule has 0 spiro atoms. The quantitative estimate of drug-likeness (QED) is 0.645. The number of carbonyl (C=O) groups excluding carboxylic acids is 1. The number of hydrogen-bond donors (Lipinski definition) is 2. The van der Waals surface area contributed by atoms with Gasteiger partial charge >= 0.3 is 5.69 Å². The van der Waals surface area contributed by atoms with Gasteiger partial charge in [0.15, 0.2) is 10.9 Å². The number of nitro benzene ring substituents is 1. The minimum absolute atomic E-state index is 0.0389. The van der Waals surface area contributed by atoms with E-state index in [1.165, 1.54) is 36.6 Å². The average Bonchev–Trinajstić information content (AvgIpc) is 2.95. The second-order valence-corrected chi connectivity index (χ2v) is 6.57. The zero-order valence-electron chi connectivity index (χ0n) is 12.9. The van der Waals surface area contributed by atoms with Crippen molar-refractivity contribution < 1.29 is 14.5 Å². The highest BCUT2D eigenvalue weighted by Gasteiger charge is 2.22. The number of nitrogens with two attached hydrogens (primary N) is 1. The van der Waals surface area contributed by atoms with E-state index < -0.39 is 10.8 Å². The van der Waals surface area contributed by atoms with Gasteiger partial charge in [-0.2, -0.15) is 0 Å². The number of methoxy groups -OCH3 is 1. The summed E-state index contributed by atoms with van der Waals surface area (Å²) in [5.74, 6) is -0.351. The lowest BCUT2D eigenvalue weighted by Crippen LogP contribution is -2.27. The molecule has 8 nitrogen and oxygen atoms in total. The van der Waals surface area contributed by atoms with Crippen molar-refractivity contribution in [2.75, 3.05) is 12.4 Å². The van der Waals surface area contributed by atoms with Crippen molar-refractivity contribution in [2.24, 2.45) is 5.73 Å². The number of thiazole rings is 1. The van der Waals surface area contributed by atoms with Gasteiger partial charge in [-0.3, -0.25) is 20.2 Å². The van der Waals surface area contributed by atoms with Crippen LogP contribution in [-0.4, -0.2) is 29.0 Å². The number of carbonyl (C=O) groups is 1. The van der Waals surface area contributed by atoms with E-state index in [2.05, 4.69) is 10.3 Å². The molecule has 126 valence electrons. The number of anilines is 1. The average molecular weight is 348 g/mol. The van der Waals surface area contributed by atoms with Crippen LogP contribution in [0.3, 0.4) is 0 Å². The third-order valence-electron chi connectivity index (χ3n) is 3.84.